The number of quaternary nitrogens is 1. The van der Waals surface area contributed by atoms with Gasteiger partial charge in [0.2, 0.25) is 0 Å². The summed E-state index contributed by atoms with van der Waals surface area (Å²) in [4.78, 5) is 0. The molecule has 1 unspecified atom stereocenters. The Bertz CT molecular complexity index is 41.8. The van der Waals surface area contributed by atoms with Crippen LogP contribution in [0.15, 0.2) is 0 Å². The first-order valence-corrected chi connectivity index (χ1v) is 3.03. The van der Waals surface area contributed by atoms with E-state index in [1.54, 1.807) is 0 Å². The van der Waals surface area contributed by atoms with Crippen LogP contribution in [0.1, 0.15) is 13.8 Å². The number of ether oxygens (including phenoxy) is 1. The van der Waals surface area contributed by atoms with Crippen molar-refractivity contribution < 1.29 is 10.1 Å². The zero-order chi connectivity index (χ0) is 6.41. The van der Waals surface area contributed by atoms with E-state index in [-0.39, 0.29) is 0 Å². The highest BCUT2D eigenvalue weighted by molar-refractivity contribution is 4.40. The zero-order valence-electron chi connectivity index (χ0n) is 5.68. The fourth-order valence-corrected chi connectivity index (χ4v) is 0.587. The van der Waals surface area contributed by atoms with E-state index >= 15 is 0 Å². The normalized spacial score (nSPS) is 13.9. The lowest BCUT2D eigenvalue weighted by atomic mass is 10.4. The maximum atomic E-state index is 5.21. The molecule has 0 saturated heterocycles. The second-order valence-corrected chi connectivity index (χ2v) is 1.79. The van der Waals surface area contributed by atoms with Crippen LogP contribution in [0, 0.1) is 7.05 Å². The van der Waals surface area contributed by atoms with Gasteiger partial charge in [0.05, 0.1) is 6.54 Å². The molecule has 0 amide bonds. The molecule has 0 aromatic carbocycles. The molecule has 2 nitrogen and oxygen atoms in total. The molecular formula is C6H15NO. The first kappa shape index (κ1) is 7.92. The van der Waals surface area contributed by atoms with Crippen LogP contribution in [0.4, 0.5) is 0 Å². The second-order valence-electron chi connectivity index (χ2n) is 1.79. The summed E-state index contributed by atoms with van der Waals surface area (Å²) in [6, 6.07) is 0. The van der Waals surface area contributed by atoms with Crippen molar-refractivity contribution >= 4 is 0 Å². The smallest absolute Gasteiger partial charge is 0.101 e. The third-order valence-corrected chi connectivity index (χ3v) is 0.950. The molecule has 0 spiro atoms. The predicted octanol–water partition coefficient (Wildman–Crippen LogP) is -0.234. The van der Waals surface area contributed by atoms with Gasteiger partial charge in [0, 0.05) is 6.61 Å². The molecule has 8 heavy (non-hydrogen) atoms. The van der Waals surface area contributed by atoms with Crippen molar-refractivity contribution in [3.63, 3.8) is 0 Å². The van der Waals surface area contributed by atoms with E-state index in [1.807, 2.05) is 19.2 Å². The van der Waals surface area contributed by atoms with Crippen molar-refractivity contribution in [2.45, 2.75) is 20.0 Å². The quantitative estimate of drug-likeness (QED) is 0.505. The number of hydrogen-bond donors (Lipinski definition) is 1. The average molecular weight is 117 g/mol. The lowest BCUT2D eigenvalue weighted by Crippen LogP contribution is -2.79. The number of hydrogen-bond acceptors (Lipinski definition) is 1. The highest BCUT2D eigenvalue weighted by Gasteiger charge is 1.96. The van der Waals surface area contributed by atoms with Gasteiger partial charge in [-0.15, -0.1) is 0 Å². The van der Waals surface area contributed by atoms with E-state index in [4.69, 9.17) is 4.74 Å². The van der Waals surface area contributed by atoms with E-state index in [2.05, 4.69) is 7.05 Å². The summed E-state index contributed by atoms with van der Waals surface area (Å²) in [5.74, 6) is 0. The Labute approximate surface area is 51.2 Å². The molecule has 0 heterocycles. The van der Waals surface area contributed by atoms with Crippen molar-refractivity contribution in [2.24, 2.45) is 0 Å². The highest BCUT2D eigenvalue weighted by atomic mass is 16.5. The summed E-state index contributed by atoms with van der Waals surface area (Å²) < 4.78 is 5.21. The topological polar surface area (TPSA) is 25.8 Å². The molecule has 0 aromatic heterocycles. The summed E-state index contributed by atoms with van der Waals surface area (Å²) in [7, 11) is 3.60. The first-order chi connectivity index (χ1) is 3.81. The number of nitrogens with two attached hydrogens (primary N) is 1. The molecule has 2 heteroatoms. The molecule has 2 N–H and O–H groups in total. The van der Waals surface area contributed by atoms with Gasteiger partial charge >= 0.3 is 0 Å². The van der Waals surface area contributed by atoms with Gasteiger partial charge in [-0.1, -0.05) is 0 Å². The zero-order valence-corrected chi connectivity index (χ0v) is 5.68. The minimum Gasteiger partial charge on any atom is -0.477 e. The van der Waals surface area contributed by atoms with Crippen molar-refractivity contribution in [3.8, 4) is 0 Å². The van der Waals surface area contributed by atoms with Crippen LogP contribution in [0.25, 0.3) is 0 Å². The molecule has 0 aliphatic carbocycles. The molecule has 1 atom stereocenters. The maximum absolute atomic E-state index is 5.21. The van der Waals surface area contributed by atoms with Gasteiger partial charge in [-0.05, 0) is 13.8 Å². The number of rotatable bonds is 4. The standard InChI is InChI=1S/C6H15NO/c1-4-8-6(2)5-7-3/h6H,3-5,7H2,1-2H3. The van der Waals surface area contributed by atoms with Crippen molar-refractivity contribution in [1.82, 2.24) is 0 Å². The van der Waals surface area contributed by atoms with Gasteiger partial charge in [-0.2, -0.15) is 7.05 Å². The summed E-state index contributed by atoms with van der Waals surface area (Å²) in [6.45, 7) is 5.80. The molecule has 0 aliphatic heterocycles. The van der Waals surface area contributed by atoms with Gasteiger partial charge in [0.25, 0.3) is 0 Å². The van der Waals surface area contributed by atoms with Crippen LogP contribution in [0.5, 0.6) is 0 Å². The molecule has 0 bridgehead atoms. The molecule has 0 rings (SSSR count). The Morgan fingerprint density at radius 3 is 2.75 bits per heavy atom. The highest BCUT2D eigenvalue weighted by Crippen LogP contribution is 1.82. The Morgan fingerprint density at radius 2 is 2.38 bits per heavy atom. The van der Waals surface area contributed by atoms with Crippen LogP contribution < -0.4 is 5.32 Å². The Hall–Kier alpha value is -0.0800. The summed E-state index contributed by atoms with van der Waals surface area (Å²) in [5.41, 5.74) is 0. The summed E-state index contributed by atoms with van der Waals surface area (Å²) >= 11 is 0. The van der Waals surface area contributed by atoms with Crippen molar-refractivity contribution in [2.75, 3.05) is 13.2 Å². The van der Waals surface area contributed by atoms with Crippen molar-refractivity contribution in [1.29, 1.82) is 0 Å². The van der Waals surface area contributed by atoms with Gasteiger partial charge in [0.15, 0.2) is 0 Å². The maximum Gasteiger partial charge on any atom is 0.101 e. The van der Waals surface area contributed by atoms with Crippen LogP contribution in [-0.2, 0) is 4.74 Å². The van der Waals surface area contributed by atoms with E-state index in [0.29, 0.717) is 6.10 Å². The monoisotopic (exact) mass is 117 g/mol. The first-order valence-electron chi connectivity index (χ1n) is 3.03. The van der Waals surface area contributed by atoms with E-state index in [1.165, 1.54) is 0 Å². The SMILES string of the molecule is [CH2-][NH2+]CC(C)OCC. The Morgan fingerprint density at radius 1 is 1.75 bits per heavy atom. The fourth-order valence-electron chi connectivity index (χ4n) is 0.587. The van der Waals surface area contributed by atoms with E-state index in [9.17, 15) is 0 Å². The lowest BCUT2D eigenvalue weighted by Gasteiger charge is -2.09. The van der Waals surface area contributed by atoms with Gasteiger partial charge in [-0.3, -0.25) is 0 Å². The Kier molecular flexibility index (Phi) is 5.01. The molecule has 0 aliphatic rings. The third kappa shape index (κ3) is 4.09. The molecule has 0 aromatic rings. The predicted molar refractivity (Wildman–Crippen MR) is 33.2 cm³/mol. The van der Waals surface area contributed by atoms with Crippen LogP contribution in [0.3, 0.4) is 0 Å². The third-order valence-electron chi connectivity index (χ3n) is 0.950. The molecule has 50 valence electrons. The van der Waals surface area contributed by atoms with Gasteiger partial charge in [0.1, 0.15) is 6.10 Å². The molecule has 0 radical (unpaired) electrons. The van der Waals surface area contributed by atoms with E-state index < -0.39 is 0 Å². The minimum absolute atomic E-state index is 0.345. The molecule has 0 fully saturated rings. The van der Waals surface area contributed by atoms with Crippen LogP contribution in [-0.4, -0.2) is 19.3 Å². The fraction of sp³-hybridized carbons (Fsp3) is 0.833. The van der Waals surface area contributed by atoms with Crippen molar-refractivity contribution in [3.05, 3.63) is 7.05 Å². The lowest BCUT2D eigenvalue weighted by molar-refractivity contribution is -0.603. The van der Waals surface area contributed by atoms with Crippen LogP contribution >= 0.6 is 0 Å². The second kappa shape index (κ2) is 5.06. The molecule has 0 saturated carbocycles. The minimum atomic E-state index is 0.345. The summed E-state index contributed by atoms with van der Waals surface area (Å²) in [5, 5.41) is 1.88. The summed E-state index contributed by atoms with van der Waals surface area (Å²) in [6.07, 6.45) is 0.345. The molecular weight excluding hydrogens is 102 g/mol. The van der Waals surface area contributed by atoms with Crippen LogP contribution in [0.2, 0.25) is 0 Å². The van der Waals surface area contributed by atoms with Gasteiger partial charge in [-0.25, -0.2) is 0 Å². The largest absolute Gasteiger partial charge is 0.477 e. The van der Waals surface area contributed by atoms with E-state index in [0.717, 1.165) is 13.2 Å². The van der Waals surface area contributed by atoms with Gasteiger partial charge < -0.3 is 10.1 Å². The Balaban J connectivity index is 2.92. The average Bonchev–Trinajstić information content (AvgIpc) is 1.68.